The lowest BCUT2D eigenvalue weighted by Crippen LogP contribution is -1.99. The van der Waals surface area contributed by atoms with Crippen molar-refractivity contribution in [2.45, 2.75) is 6.92 Å². The van der Waals surface area contributed by atoms with Crippen molar-refractivity contribution in [1.82, 2.24) is 4.57 Å². The minimum atomic E-state index is -0.445. The summed E-state index contributed by atoms with van der Waals surface area (Å²) < 4.78 is 6.46. The number of aromatic nitrogens is 1. The van der Waals surface area contributed by atoms with Crippen LogP contribution in [0.2, 0.25) is 0 Å². The molecular formula is C15H15NO3. The second-order valence-corrected chi connectivity index (χ2v) is 4.25. The summed E-state index contributed by atoms with van der Waals surface area (Å²) in [7, 11) is 3.19. The maximum Gasteiger partial charge on any atom is 0.330 e. The summed E-state index contributed by atoms with van der Waals surface area (Å²) in [6, 6.07) is 7.65. The van der Waals surface area contributed by atoms with Crippen LogP contribution in [0.3, 0.4) is 0 Å². The molecule has 0 amide bonds. The molecule has 0 unspecified atom stereocenters. The van der Waals surface area contributed by atoms with Gasteiger partial charge in [0.25, 0.3) is 0 Å². The minimum Gasteiger partial charge on any atom is -0.466 e. The van der Waals surface area contributed by atoms with Crippen molar-refractivity contribution >= 4 is 28.7 Å². The fourth-order valence-corrected chi connectivity index (χ4v) is 2.19. The number of para-hydroxylation sites is 1. The van der Waals surface area contributed by atoms with Gasteiger partial charge in [-0.05, 0) is 19.1 Å². The summed E-state index contributed by atoms with van der Waals surface area (Å²) >= 11 is 0. The number of Topliss-reactive ketones (excluding diaryl/α,β-unsaturated/α-hetero) is 1. The van der Waals surface area contributed by atoms with Gasteiger partial charge in [0.2, 0.25) is 0 Å². The van der Waals surface area contributed by atoms with E-state index in [0.29, 0.717) is 11.3 Å². The Morgan fingerprint density at radius 1 is 1.26 bits per heavy atom. The van der Waals surface area contributed by atoms with Gasteiger partial charge < -0.3 is 9.30 Å². The molecule has 1 aromatic heterocycles. The molecular weight excluding hydrogens is 242 g/mol. The highest BCUT2D eigenvalue weighted by atomic mass is 16.5. The number of rotatable bonds is 3. The van der Waals surface area contributed by atoms with Crippen LogP contribution in [0.15, 0.2) is 30.3 Å². The first-order chi connectivity index (χ1) is 9.06. The smallest absolute Gasteiger partial charge is 0.330 e. The summed E-state index contributed by atoms with van der Waals surface area (Å²) in [6.07, 6.45) is 2.93. The molecule has 1 aromatic carbocycles. The zero-order chi connectivity index (χ0) is 14.0. The van der Waals surface area contributed by atoms with E-state index in [1.807, 2.05) is 35.9 Å². The molecule has 98 valence electrons. The third-order valence-corrected chi connectivity index (χ3v) is 3.08. The molecule has 0 aliphatic heterocycles. The number of ketones is 1. The monoisotopic (exact) mass is 257 g/mol. The van der Waals surface area contributed by atoms with Gasteiger partial charge in [-0.15, -0.1) is 0 Å². The van der Waals surface area contributed by atoms with Gasteiger partial charge in [-0.3, -0.25) is 4.79 Å². The van der Waals surface area contributed by atoms with Crippen molar-refractivity contribution in [1.29, 1.82) is 0 Å². The lowest BCUT2D eigenvalue weighted by Gasteiger charge is -2.00. The average molecular weight is 257 g/mol. The van der Waals surface area contributed by atoms with Crippen molar-refractivity contribution in [2.24, 2.45) is 7.05 Å². The Bertz CT molecular complexity index is 680. The van der Waals surface area contributed by atoms with Gasteiger partial charge in [-0.2, -0.15) is 0 Å². The Balaban J connectivity index is 2.68. The Morgan fingerprint density at radius 3 is 2.58 bits per heavy atom. The van der Waals surface area contributed by atoms with Crippen LogP contribution in [0.5, 0.6) is 0 Å². The van der Waals surface area contributed by atoms with E-state index in [2.05, 4.69) is 4.74 Å². The van der Waals surface area contributed by atoms with E-state index >= 15 is 0 Å². The van der Waals surface area contributed by atoms with Crippen LogP contribution in [-0.4, -0.2) is 23.4 Å². The van der Waals surface area contributed by atoms with Crippen molar-refractivity contribution in [3.63, 3.8) is 0 Å². The van der Waals surface area contributed by atoms with Crippen molar-refractivity contribution in [3.8, 4) is 0 Å². The van der Waals surface area contributed by atoms with E-state index in [1.165, 1.54) is 20.1 Å². The summed E-state index contributed by atoms with van der Waals surface area (Å²) in [5.41, 5.74) is 2.29. The first-order valence-corrected chi connectivity index (χ1v) is 5.90. The molecule has 0 aliphatic rings. The van der Waals surface area contributed by atoms with Gasteiger partial charge in [-0.1, -0.05) is 18.2 Å². The number of carbonyl (C=O) groups is 2. The number of hydrogen-bond acceptors (Lipinski definition) is 3. The third-order valence-electron chi connectivity index (χ3n) is 3.08. The van der Waals surface area contributed by atoms with Crippen LogP contribution in [0.1, 0.15) is 23.0 Å². The number of carbonyl (C=O) groups excluding carboxylic acids is 2. The standard InChI is InChI=1S/C15H15NO3/c1-10(17)15-11-6-4-5-7-12(11)16(2)13(15)8-9-14(18)19-3/h4-9H,1-3H3/b9-8+. The SMILES string of the molecule is COC(=O)/C=C/c1c(C(C)=O)c2ccccc2n1C. The Labute approximate surface area is 111 Å². The lowest BCUT2D eigenvalue weighted by molar-refractivity contribution is -0.134. The van der Waals surface area contributed by atoms with Gasteiger partial charge in [0.15, 0.2) is 5.78 Å². The van der Waals surface area contributed by atoms with Crippen molar-refractivity contribution in [3.05, 3.63) is 41.6 Å². The molecule has 0 spiro atoms. The fraction of sp³-hybridized carbons (Fsp3) is 0.200. The third kappa shape index (κ3) is 2.29. The second-order valence-electron chi connectivity index (χ2n) is 4.25. The zero-order valence-electron chi connectivity index (χ0n) is 11.1. The van der Waals surface area contributed by atoms with Crippen LogP contribution < -0.4 is 0 Å². The van der Waals surface area contributed by atoms with Crippen LogP contribution in [0.4, 0.5) is 0 Å². The number of hydrogen-bond donors (Lipinski definition) is 0. The highest BCUT2D eigenvalue weighted by Gasteiger charge is 2.16. The second kappa shape index (κ2) is 5.10. The van der Waals surface area contributed by atoms with E-state index in [1.54, 1.807) is 6.08 Å². The average Bonchev–Trinajstić information content (AvgIpc) is 2.69. The molecule has 2 rings (SSSR count). The molecule has 0 aliphatic carbocycles. The molecule has 0 N–H and O–H groups in total. The molecule has 2 aromatic rings. The number of ether oxygens (including phenoxy) is 1. The Hall–Kier alpha value is -2.36. The molecule has 0 radical (unpaired) electrons. The molecule has 0 bridgehead atoms. The Kier molecular flexibility index (Phi) is 3.51. The maximum absolute atomic E-state index is 11.8. The molecule has 0 atom stereocenters. The van der Waals surface area contributed by atoms with Gasteiger partial charge in [0.05, 0.1) is 18.4 Å². The highest BCUT2D eigenvalue weighted by molar-refractivity contribution is 6.10. The summed E-state index contributed by atoms with van der Waals surface area (Å²) in [6.45, 7) is 1.53. The topological polar surface area (TPSA) is 48.3 Å². The van der Waals surface area contributed by atoms with Gasteiger partial charge in [0, 0.05) is 24.0 Å². The summed E-state index contributed by atoms with van der Waals surface area (Å²) in [5.74, 6) is -0.471. The van der Waals surface area contributed by atoms with E-state index in [-0.39, 0.29) is 5.78 Å². The van der Waals surface area contributed by atoms with Gasteiger partial charge in [-0.25, -0.2) is 4.79 Å². The Morgan fingerprint density at radius 2 is 1.95 bits per heavy atom. The summed E-state index contributed by atoms with van der Waals surface area (Å²) in [4.78, 5) is 23.0. The highest BCUT2D eigenvalue weighted by Crippen LogP contribution is 2.26. The predicted octanol–water partition coefficient (Wildman–Crippen LogP) is 2.57. The first kappa shape index (κ1) is 13.1. The molecule has 19 heavy (non-hydrogen) atoms. The van der Waals surface area contributed by atoms with E-state index in [0.717, 1.165) is 10.9 Å². The predicted molar refractivity (Wildman–Crippen MR) is 74.0 cm³/mol. The van der Waals surface area contributed by atoms with Crippen LogP contribution in [-0.2, 0) is 16.6 Å². The number of methoxy groups -OCH3 is 1. The van der Waals surface area contributed by atoms with E-state index < -0.39 is 5.97 Å². The molecule has 4 heteroatoms. The van der Waals surface area contributed by atoms with Gasteiger partial charge >= 0.3 is 5.97 Å². The number of esters is 1. The number of fused-ring (bicyclic) bond motifs is 1. The maximum atomic E-state index is 11.8. The minimum absolute atomic E-state index is 0.0266. The fourth-order valence-electron chi connectivity index (χ4n) is 2.19. The molecule has 0 fully saturated rings. The number of nitrogens with zero attached hydrogens (tertiary/aromatic N) is 1. The first-order valence-electron chi connectivity index (χ1n) is 5.90. The molecule has 1 heterocycles. The van der Waals surface area contributed by atoms with E-state index in [9.17, 15) is 9.59 Å². The normalized spacial score (nSPS) is 11.1. The van der Waals surface area contributed by atoms with Crippen molar-refractivity contribution < 1.29 is 14.3 Å². The van der Waals surface area contributed by atoms with Crippen LogP contribution in [0, 0.1) is 0 Å². The quantitative estimate of drug-likeness (QED) is 0.482. The lowest BCUT2D eigenvalue weighted by atomic mass is 10.1. The number of benzene rings is 1. The van der Waals surface area contributed by atoms with Gasteiger partial charge in [0.1, 0.15) is 0 Å². The van der Waals surface area contributed by atoms with Crippen LogP contribution in [0.25, 0.3) is 17.0 Å². The molecule has 4 nitrogen and oxygen atoms in total. The van der Waals surface area contributed by atoms with Crippen molar-refractivity contribution in [2.75, 3.05) is 7.11 Å². The largest absolute Gasteiger partial charge is 0.466 e. The van der Waals surface area contributed by atoms with E-state index in [4.69, 9.17) is 0 Å². The van der Waals surface area contributed by atoms with Crippen LogP contribution >= 0.6 is 0 Å². The molecule has 0 saturated heterocycles. The summed E-state index contributed by atoms with van der Waals surface area (Å²) in [5, 5.41) is 0.891. The number of aryl methyl sites for hydroxylation is 1. The molecule has 0 saturated carbocycles. The zero-order valence-corrected chi connectivity index (χ0v) is 11.1.